The number of piperidine rings is 1. The van der Waals surface area contributed by atoms with Crippen molar-refractivity contribution in [1.82, 2.24) is 14.8 Å². The summed E-state index contributed by atoms with van der Waals surface area (Å²) in [5.41, 5.74) is 4.08. The average Bonchev–Trinajstić information content (AvgIpc) is 3.27. The normalized spacial score (nSPS) is 22.2. The number of amides is 3. The number of rotatable bonds is 3. The number of aromatic nitrogens is 1. The van der Waals surface area contributed by atoms with Crippen LogP contribution in [0.5, 0.6) is 0 Å². The molecule has 1 aromatic heterocycles. The van der Waals surface area contributed by atoms with Crippen LogP contribution in [0.2, 0.25) is 0 Å². The molecule has 0 spiro atoms. The number of hydrogen-bond acceptors (Lipinski definition) is 3. The van der Waals surface area contributed by atoms with E-state index < -0.39 is 18.1 Å². The summed E-state index contributed by atoms with van der Waals surface area (Å²) < 4.78 is 0. The van der Waals surface area contributed by atoms with E-state index in [-0.39, 0.29) is 18.0 Å². The Hall–Kier alpha value is -3.84. The number of benzene rings is 3. The highest BCUT2D eigenvalue weighted by Gasteiger charge is 2.49. The number of nitrogens with zero attached hydrogens (tertiary/aromatic N) is 2. The highest BCUT2D eigenvalue weighted by molar-refractivity contribution is 6.01. The fourth-order valence-electron chi connectivity index (χ4n) is 6.17. The van der Waals surface area contributed by atoms with Crippen LogP contribution in [0.4, 0.5) is 10.5 Å². The quantitative estimate of drug-likeness (QED) is 0.396. The molecule has 6 rings (SSSR count). The van der Waals surface area contributed by atoms with Crippen molar-refractivity contribution < 1.29 is 14.7 Å². The van der Waals surface area contributed by atoms with E-state index in [1.165, 1.54) is 10.9 Å². The van der Waals surface area contributed by atoms with Gasteiger partial charge in [0, 0.05) is 41.6 Å². The third kappa shape index (κ3) is 3.54. The summed E-state index contributed by atoms with van der Waals surface area (Å²) in [5, 5.41) is 16.9. The van der Waals surface area contributed by atoms with Crippen LogP contribution in [-0.2, 0) is 11.2 Å². The minimum Gasteiger partial charge on any atom is -0.393 e. The number of carbonyl (C=O) groups is 2. The predicted octanol–water partition coefficient (Wildman–Crippen LogP) is 4.68. The number of carbonyl (C=O) groups excluding carboxylic acids is 2. The van der Waals surface area contributed by atoms with Gasteiger partial charge in [0.2, 0.25) is 5.91 Å². The molecule has 3 aromatic carbocycles. The Balaban J connectivity index is 1.33. The molecular weight excluding hydrogens is 452 g/mol. The van der Waals surface area contributed by atoms with Crippen molar-refractivity contribution in [3.05, 3.63) is 78.0 Å². The van der Waals surface area contributed by atoms with Crippen molar-refractivity contribution in [3.8, 4) is 0 Å². The fraction of sp³-hybridized carbons (Fsp3) is 0.310. The zero-order valence-corrected chi connectivity index (χ0v) is 20.4. The molecule has 0 unspecified atom stereocenters. The van der Waals surface area contributed by atoms with E-state index >= 15 is 0 Å². The summed E-state index contributed by atoms with van der Waals surface area (Å²) in [7, 11) is 1.72. The lowest BCUT2D eigenvalue weighted by atomic mass is 9.79. The molecule has 3 N–H and O–H groups in total. The molecule has 4 atom stereocenters. The minimum atomic E-state index is -0.875. The maximum Gasteiger partial charge on any atom is 0.321 e. The second kappa shape index (κ2) is 8.68. The zero-order chi connectivity index (χ0) is 25.0. The van der Waals surface area contributed by atoms with Gasteiger partial charge in [0.1, 0.15) is 0 Å². The Bertz CT molecular complexity index is 1470. The Morgan fingerprint density at radius 1 is 1.08 bits per heavy atom. The van der Waals surface area contributed by atoms with Crippen LogP contribution in [0.3, 0.4) is 0 Å². The molecule has 0 saturated carbocycles. The largest absolute Gasteiger partial charge is 0.393 e. The number of H-pyrrole nitrogens is 1. The van der Waals surface area contributed by atoms with Gasteiger partial charge >= 0.3 is 6.03 Å². The zero-order valence-electron chi connectivity index (χ0n) is 20.4. The standard InChI is InChI=1S/C29H30N4O3/c1-17(34)26-24(32(2)29(36)31-22-13-7-9-18-8-3-4-10-19(18)22)16-25-27-21(14-15-33(25)28(26)35)20-11-5-6-12-23(20)30-27/h3-13,17,24-26,30,34H,14-16H2,1-2H3,(H,31,36)/t17-,24-,25-,26-/m0/s1. The van der Waals surface area contributed by atoms with Gasteiger partial charge in [-0.05, 0) is 42.8 Å². The molecular formula is C29H30N4O3. The monoisotopic (exact) mass is 482 g/mol. The molecule has 7 heteroatoms. The van der Waals surface area contributed by atoms with Crippen molar-refractivity contribution in [2.75, 3.05) is 18.9 Å². The van der Waals surface area contributed by atoms with E-state index in [1.807, 2.05) is 59.5 Å². The van der Waals surface area contributed by atoms with Crippen LogP contribution < -0.4 is 5.32 Å². The molecule has 2 aliphatic rings. The molecule has 0 aliphatic carbocycles. The van der Waals surface area contributed by atoms with Gasteiger partial charge in [0.05, 0.1) is 23.8 Å². The topological polar surface area (TPSA) is 88.7 Å². The van der Waals surface area contributed by atoms with Gasteiger partial charge < -0.3 is 25.2 Å². The van der Waals surface area contributed by atoms with E-state index in [9.17, 15) is 14.7 Å². The van der Waals surface area contributed by atoms with Crippen LogP contribution in [0.1, 0.15) is 30.6 Å². The van der Waals surface area contributed by atoms with Gasteiger partial charge in [0.25, 0.3) is 0 Å². The van der Waals surface area contributed by atoms with E-state index in [2.05, 4.69) is 22.4 Å². The van der Waals surface area contributed by atoms with Gasteiger partial charge in [-0.15, -0.1) is 0 Å². The molecule has 36 heavy (non-hydrogen) atoms. The number of hydrogen-bond donors (Lipinski definition) is 3. The van der Waals surface area contributed by atoms with Gasteiger partial charge in [-0.25, -0.2) is 4.79 Å². The van der Waals surface area contributed by atoms with Gasteiger partial charge in [0.15, 0.2) is 0 Å². The first-order valence-corrected chi connectivity index (χ1v) is 12.5. The Labute approximate surface area is 209 Å². The first kappa shape index (κ1) is 22.6. The van der Waals surface area contributed by atoms with Crippen LogP contribution >= 0.6 is 0 Å². The van der Waals surface area contributed by atoms with Crippen molar-refractivity contribution in [2.45, 2.75) is 38.0 Å². The Morgan fingerprint density at radius 2 is 1.81 bits per heavy atom. The molecule has 0 bridgehead atoms. The molecule has 1 fully saturated rings. The number of anilines is 1. The maximum absolute atomic E-state index is 13.7. The Kier molecular flexibility index (Phi) is 5.45. The molecule has 3 amide bonds. The first-order valence-electron chi connectivity index (χ1n) is 12.5. The fourth-order valence-corrected chi connectivity index (χ4v) is 6.17. The number of fused-ring (bicyclic) bond motifs is 6. The number of aromatic amines is 1. The van der Waals surface area contributed by atoms with Gasteiger partial charge in [-0.2, -0.15) is 0 Å². The molecule has 0 radical (unpaired) electrons. The van der Waals surface area contributed by atoms with Crippen molar-refractivity contribution in [2.24, 2.45) is 5.92 Å². The van der Waals surface area contributed by atoms with Crippen LogP contribution in [0.15, 0.2) is 66.7 Å². The van der Waals surface area contributed by atoms with Gasteiger partial charge in [-0.1, -0.05) is 54.6 Å². The molecule has 7 nitrogen and oxygen atoms in total. The predicted molar refractivity (Wildman–Crippen MR) is 141 cm³/mol. The second-order valence-corrected chi connectivity index (χ2v) is 10.00. The van der Waals surface area contributed by atoms with Crippen molar-refractivity contribution >= 4 is 39.3 Å². The molecule has 184 valence electrons. The van der Waals surface area contributed by atoms with E-state index in [4.69, 9.17) is 0 Å². The maximum atomic E-state index is 13.7. The van der Waals surface area contributed by atoms with Crippen molar-refractivity contribution in [1.29, 1.82) is 0 Å². The highest BCUT2D eigenvalue weighted by Crippen LogP contribution is 2.43. The van der Waals surface area contributed by atoms with E-state index in [0.29, 0.717) is 13.0 Å². The SMILES string of the molecule is C[C@H](O)[C@@H]1C(=O)N2CCc3c([nH]c4ccccc34)[C@@H]2C[C@@H]1N(C)C(=O)Nc1cccc2ccccc12. The number of aliphatic hydroxyl groups excluding tert-OH is 1. The summed E-state index contributed by atoms with van der Waals surface area (Å²) in [6.45, 7) is 2.25. The summed E-state index contributed by atoms with van der Waals surface area (Å²) >= 11 is 0. The number of nitrogens with one attached hydrogen (secondary N) is 2. The first-order chi connectivity index (χ1) is 17.4. The average molecular weight is 483 g/mol. The summed E-state index contributed by atoms with van der Waals surface area (Å²) in [6.07, 6.45) is 0.455. The number of urea groups is 1. The third-order valence-electron chi connectivity index (χ3n) is 7.98. The number of aliphatic hydroxyl groups is 1. The summed E-state index contributed by atoms with van der Waals surface area (Å²) in [6, 6.07) is 21.0. The second-order valence-electron chi connectivity index (χ2n) is 10.00. The highest BCUT2D eigenvalue weighted by atomic mass is 16.3. The van der Waals surface area contributed by atoms with E-state index in [0.717, 1.165) is 34.1 Å². The lowest BCUT2D eigenvalue weighted by Crippen LogP contribution is -2.60. The lowest BCUT2D eigenvalue weighted by molar-refractivity contribution is -0.151. The van der Waals surface area contributed by atoms with Crippen molar-refractivity contribution in [3.63, 3.8) is 0 Å². The third-order valence-corrected chi connectivity index (χ3v) is 7.98. The van der Waals surface area contributed by atoms with Crippen LogP contribution in [0.25, 0.3) is 21.7 Å². The molecule has 3 heterocycles. The molecule has 2 aliphatic heterocycles. The van der Waals surface area contributed by atoms with Crippen LogP contribution in [-0.4, -0.2) is 57.6 Å². The minimum absolute atomic E-state index is 0.0969. The van der Waals surface area contributed by atoms with Crippen LogP contribution in [0, 0.1) is 5.92 Å². The Morgan fingerprint density at radius 3 is 2.61 bits per heavy atom. The van der Waals surface area contributed by atoms with Gasteiger partial charge in [-0.3, -0.25) is 4.79 Å². The molecule has 4 aromatic rings. The summed E-state index contributed by atoms with van der Waals surface area (Å²) in [5.74, 6) is -0.782. The summed E-state index contributed by atoms with van der Waals surface area (Å²) in [4.78, 5) is 34.2. The van der Waals surface area contributed by atoms with E-state index in [1.54, 1.807) is 18.9 Å². The lowest BCUT2D eigenvalue weighted by Gasteiger charge is -2.48. The smallest absolute Gasteiger partial charge is 0.321 e. The molecule has 1 saturated heterocycles. The number of para-hydroxylation sites is 1.